The Morgan fingerprint density at radius 2 is 1.85 bits per heavy atom. The highest BCUT2D eigenvalue weighted by Gasteiger charge is 2.27. The van der Waals surface area contributed by atoms with E-state index in [1.807, 2.05) is 0 Å². The molecular weight excluding hydrogens is 551 g/mol. The number of carbonyl (C=O) groups is 2. The number of carboxylic acid groups (broad SMARTS) is 1. The molecule has 0 aromatic heterocycles. The molecule has 2 aromatic rings. The third kappa shape index (κ3) is 4.01. The number of hydrogen-bond acceptors (Lipinski definition) is 5. The van der Waals surface area contributed by atoms with Crippen LogP contribution < -0.4 is 10.7 Å². The molecule has 33 heavy (non-hydrogen) atoms. The van der Waals surface area contributed by atoms with Crippen molar-refractivity contribution in [3.63, 3.8) is 0 Å². The smallest absolute Gasteiger partial charge is 0.336 e. The molecule has 0 saturated heterocycles. The zero-order chi connectivity index (χ0) is 27.3. The first kappa shape index (κ1) is 18.0. The van der Waals surface area contributed by atoms with Crippen molar-refractivity contribution in [3.05, 3.63) is 75.4 Å². The molecular formula is C23H14F2INO6. The molecule has 0 unspecified atom stereocenters. The first-order valence-electron chi connectivity index (χ1n) is 11.2. The highest BCUT2D eigenvalue weighted by molar-refractivity contribution is 14.1. The van der Waals surface area contributed by atoms with Crippen LogP contribution in [0, 0.1) is 11.6 Å². The minimum Gasteiger partial charge on any atom is -0.505 e. The molecule has 0 bridgehead atoms. The Morgan fingerprint density at radius 1 is 1.12 bits per heavy atom. The summed E-state index contributed by atoms with van der Waals surface area (Å²) in [4.78, 5) is 36.6. The van der Waals surface area contributed by atoms with Crippen molar-refractivity contribution in [3.8, 4) is 28.2 Å². The number of fused-ring (bicyclic) bond motifs is 2. The molecule has 1 amide bonds. The number of carboxylic acids is 1. The third-order valence-corrected chi connectivity index (χ3v) is 5.51. The van der Waals surface area contributed by atoms with Crippen LogP contribution in [0.3, 0.4) is 0 Å². The number of nitrogens with one attached hydrogen (secondary N) is 1. The maximum atomic E-state index is 14.9. The van der Waals surface area contributed by atoms with Crippen LogP contribution in [-0.4, -0.2) is 26.5 Å². The summed E-state index contributed by atoms with van der Waals surface area (Å²) in [6.45, 7) is -0.505. The van der Waals surface area contributed by atoms with E-state index in [1.54, 1.807) is 22.6 Å². The van der Waals surface area contributed by atoms with Crippen LogP contribution in [0.1, 0.15) is 21.4 Å². The van der Waals surface area contributed by atoms with E-state index >= 15 is 0 Å². The SMILES string of the molecule is [2H]c1c([2H])c([2H])c(-c2c3cc(F)c(=O)c(CNC(=O)CI)c-3oc3cc(O)c(F)cc23)c(C(=O)O)c1[2H]. The van der Waals surface area contributed by atoms with Gasteiger partial charge in [-0.15, -0.1) is 0 Å². The van der Waals surface area contributed by atoms with E-state index in [9.17, 15) is 33.4 Å². The van der Waals surface area contributed by atoms with Crippen molar-refractivity contribution in [1.82, 2.24) is 5.32 Å². The van der Waals surface area contributed by atoms with Crippen molar-refractivity contribution in [2.75, 3.05) is 4.43 Å². The van der Waals surface area contributed by atoms with Crippen LogP contribution >= 0.6 is 22.6 Å². The molecule has 4 rings (SSSR count). The predicted molar refractivity (Wildman–Crippen MR) is 124 cm³/mol. The third-order valence-electron chi connectivity index (χ3n) is 4.82. The van der Waals surface area contributed by atoms with E-state index in [4.69, 9.17) is 9.90 Å². The fraction of sp³-hybridized carbons (Fsp3) is 0.0870. The molecule has 10 heteroatoms. The molecule has 1 heterocycles. The van der Waals surface area contributed by atoms with Gasteiger partial charge >= 0.3 is 5.97 Å². The minimum absolute atomic E-state index is 0.0138. The molecule has 0 atom stereocenters. The van der Waals surface area contributed by atoms with Crippen LogP contribution in [0.5, 0.6) is 5.75 Å². The number of aromatic hydroxyl groups is 1. The monoisotopic (exact) mass is 569 g/mol. The van der Waals surface area contributed by atoms with Crippen LogP contribution in [0.2, 0.25) is 0 Å². The molecule has 2 aromatic carbocycles. The summed E-state index contributed by atoms with van der Waals surface area (Å²) in [5.74, 6) is -6.01. The Morgan fingerprint density at radius 3 is 2.55 bits per heavy atom. The maximum Gasteiger partial charge on any atom is 0.336 e. The van der Waals surface area contributed by atoms with Crippen LogP contribution in [0.15, 0.2) is 51.6 Å². The largest absolute Gasteiger partial charge is 0.505 e. The fourth-order valence-corrected chi connectivity index (χ4v) is 3.64. The summed E-state index contributed by atoms with van der Waals surface area (Å²) in [6.07, 6.45) is 0. The predicted octanol–water partition coefficient (Wildman–Crippen LogP) is 4.30. The molecule has 0 spiro atoms. The van der Waals surface area contributed by atoms with Crippen LogP contribution in [0.4, 0.5) is 8.78 Å². The zero-order valence-electron chi connectivity index (χ0n) is 20.3. The van der Waals surface area contributed by atoms with Crippen molar-refractivity contribution >= 4 is 45.4 Å². The number of rotatable bonds is 5. The number of benzene rings is 3. The lowest BCUT2D eigenvalue weighted by Gasteiger charge is -2.19. The number of phenols is 1. The maximum absolute atomic E-state index is 14.9. The lowest BCUT2D eigenvalue weighted by Crippen LogP contribution is -2.28. The van der Waals surface area contributed by atoms with E-state index in [1.165, 1.54) is 0 Å². The van der Waals surface area contributed by atoms with Crippen molar-refractivity contribution in [1.29, 1.82) is 0 Å². The zero-order valence-corrected chi connectivity index (χ0v) is 18.5. The van der Waals surface area contributed by atoms with Gasteiger partial charge in [-0.3, -0.25) is 9.59 Å². The number of alkyl halides is 1. The lowest BCUT2D eigenvalue weighted by molar-refractivity contribution is -0.118. The average molecular weight is 569 g/mol. The summed E-state index contributed by atoms with van der Waals surface area (Å²) < 4.78 is 67.5. The number of hydrogen-bond donors (Lipinski definition) is 3. The van der Waals surface area contributed by atoms with Crippen LogP contribution in [0.25, 0.3) is 33.4 Å². The molecule has 3 N–H and O–H groups in total. The standard InChI is InChI=1S/C23H14F2INO6/c24-15-5-12-18(7-17(15)28)33-22-13(20(12)10-3-1-2-4-11(10)23(31)32)6-16(25)21(30)14(22)9-27-19(29)8-26/h1-7,28H,8-9H2,(H,27,29)(H,31,32)/i1D,2D,3D,4D. The van der Waals surface area contributed by atoms with Gasteiger partial charge in [0.2, 0.25) is 11.3 Å². The number of carbonyl (C=O) groups excluding carboxylic acids is 1. The van der Waals surface area contributed by atoms with Gasteiger partial charge in [0, 0.05) is 22.6 Å². The fourth-order valence-electron chi connectivity index (χ4n) is 3.37. The van der Waals surface area contributed by atoms with Gasteiger partial charge in [-0.1, -0.05) is 40.7 Å². The highest BCUT2D eigenvalue weighted by Crippen LogP contribution is 2.43. The average Bonchev–Trinajstić information content (AvgIpc) is 2.85. The van der Waals surface area contributed by atoms with Crippen molar-refractivity contribution in [2.24, 2.45) is 0 Å². The van der Waals surface area contributed by atoms with E-state index in [0.717, 1.165) is 12.1 Å². The molecule has 0 fully saturated rings. The Balaban J connectivity index is 2.27. The Kier molecular flexibility index (Phi) is 4.77. The number of amides is 1. The van der Waals surface area contributed by atoms with Gasteiger partial charge in [0.25, 0.3) is 0 Å². The summed E-state index contributed by atoms with van der Waals surface area (Å²) in [5.41, 5.74) is -4.05. The molecule has 1 aliphatic heterocycles. The first-order chi connectivity index (χ1) is 17.4. The van der Waals surface area contributed by atoms with Gasteiger partial charge in [0.1, 0.15) is 11.3 Å². The second kappa shape index (κ2) is 8.77. The van der Waals surface area contributed by atoms with Gasteiger partial charge in [-0.25, -0.2) is 13.6 Å². The van der Waals surface area contributed by atoms with Gasteiger partial charge in [0.15, 0.2) is 17.4 Å². The van der Waals surface area contributed by atoms with E-state index in [0.29, 0.717) is 6.07 Å². The summed E-state index contributed by atoms with van der Waals surface area (Å²) in [5, 5.41) is 21.9. The second-order valence-electron chi connectivity index (χ2n) is 6.79. The van der Waals surface area contributed by atoms with E-state index < -0.39 is 82.1 Å². The Labute approximate surface area is 203 Å². The number of phenolic OH excluding ortho intramolecular Hbond substituents is 1. The number of aromatic carboxylic acids is 1. The van der Waals surface area contributed by atoms with Gasteiger partial charge in [0.05, 0.1) is 27.6 Å². The highest BCUT2D eigenvalue weighted by atomic mass is 127. The van der Waals surface area contributed by atoms with Gasteiger partial charge in [-0.05, 0) is 23.7 Å². The minimum atomic E-state index is -1.75. The lowest BCUT2D eigenvalue weighted by atomic mass is 9.89. The summed E-state index contributed by atoms with van der Waals surface area (Å²) >= 11 is 1.76. The van der Waals surface area contributed by atoms with Crippen molar-refractivity contribution < 1.29 is 38.5 Å². The number of halogens is 3. The summed E-state index contributed by atoms with van der Waals surface area (Å²) in [7, 11) is 0. The molecule has 168 valence electrons. The molecule has 7 nitrogen and oxygen atoms in total. The van der Waals surface area contributed by atoms with E-state index in [-0.39, 0.29) is 32.3 Å². The topological polar surface area (TPSA) is 117 Å². The molecule has 2 aliphatic rings. The van der Waals surface area contributed by atoms with Gasteiger partial charge in [-0.2, -0.15) is 0 Å². The Bertz CT molecular complexity index is 1680. The summed E-state index contributed by atoms with van der Waals surface area (Å²) in [6, 6.07) is -1.18. The van der Waals surface area contributed by atoms with Gasteiger partial charge < -0.3 is 19.9 Å². The van der Waals surface area contributed by atoms with E-state index in [2.05, 4.69) is 5.32 Å². The van der Waals surface area contributed by atoms with Crippen LogP contribution in [-0.2, 0) is 11.3 Å². The quantitative estimate of drug-likeness (QED) is 0.188. The Hall–Kier alpha value is -3.54. The molecule has 0 saturated carbocycles. The first-order valence-corrected chi connectivity index (χ1v) is 10.7. The molecule has 0 radical (unpaired) electrons. The van der Waals surface area contributed by atoms with Crippen molar-refractivity contribution in [2.45, 2.75) is 6.54 Å². The second-order valence-corrected chi connectivity index (χ2v) is 7.55. The molecule has 1 aliphatic carbocycles. The normalized spacial score (nSPS) is 12.8.